The molecule has 4 aromatic rings. The highest BCUT2D eigenvalue weighted by molar-refractivity contribution is 7.99. The molecule has 3 aromatic carbocycles. The molecule has 158 valence electrons. The molecule has 0 N–H and O–H groups in total. The van der Waals surface area contributed by atoms with Crippen LogP contribution in [-0.2, 0) is 11.2 Å². The van der Waals surface area contributed by atoms with Gasteiger partial charge in [-0.25, -0.2) is 0 Å². The van der Waals surface area contributed by atoms with Gasteiger partial charge in [-0.3, -0.25) is 9.36 Å². The van der Waals surface area contributed by atoms with Gasteiger partial charge in [0.05, 0.1) is 11.4 Å². The molecule has 0 bridgehead atoms. The number of carbonyl (C=O) groups is 1. The lowest BCUT2D eigenvalue weighted by Crippen LogP contribution is -2.23. The average molecular weight is 431 g/mol. The Balaban J connectivity index is 1.77. The van der Waals surface area contributed by atoms with Gasteiger partial charge in [-0.2, -0.15) is 0 Å². The summed E-state index contributed by atoms with van der Waals surface area (Å²) in [5.41, 5.74) is 4.62. The topological polar surface area (TPSA) is 51.0 Å². The van der Waals surface area contributed by atoms with Crippen LogP contribution >= 0.6 is 11.8 Å². The fourth-order valence-corrected chi connectivity index (χ4v) is 4.62. The maximum Gasteiger partial charge on any atom is 0.232 e. The molecule has 0 aliphatic heterocycles. The first kappa shape index (κ1) is 21.1. The van der Waals surface area contributed by atoms with E-state index in [9.17, 15) is 4.79 Å². The summed E-state index contributed by atoms with van der Waals surface area (Å²) in [6, 6.07) is 21.1. The minimum Gasteiger partial charge on any atom is -0.348 e. The second-order valence-corrected chi connectivity index (χ2v) is 8.86. The molecule has 0 aliphatic rings. The van der Waals surface area contributed by atoms with Crippen LogP contribution in [0.2, 0.25) is 0 Å². The number of thioether (sulfide) groups is 1. The first-order valence-corrected chi connectivity index (χ1v) is 11.2. The van der Waals surface area contributed by atoms with E-state index in [1.807, 2.05) is 0 Å². The van der Waals surface area contributed by atoms with Gasteiger partial charge >= 0.3 is 0 Å². The standard InChI is InChI=1S/C25H26N4OS/c1-17-12-13-22(18(2)14-17)29-23(26-27-25(29)31-16-24(30)28(3)4)15-20-10-7-9-19-8-5-6-11-21(19)20/h5-14H,15-16H2,1-4H3. The van der Waals surface area contributed by atoms with Gasteiger partial charge in [-0.1, -0.05) is 71.9 Å². The SMILES string of the molecule is Cc1ccc(-n2c(Cc3cccc4ccccc34)nnc2SCC(=O)N(C)C)c(C)c1. The predicted octanol–water partition coefficient (Wildman–Crippen LogP) is 4.81. The average Bonchev–Trinajstić information content (AvgIpc) is 3.14. The lowest BCUT2D eigenvalue weighted by Gasteiger charge is -2.15. The molecule has 0 fully saturated rings. The summed E-state index contributed by atoms with van der Waals surface area (Å²) >= 11 is 1.42. The van der Waals surface area contributed by atoms with Crippen LogP contribution in [0, 0.1) is 13.8 Å². The Labute approximate surface area is 187 Å². The number of benzene rings is 3. The van der Waals surface area contributed by atoms with Gasteiger partial charge in [0.1, 0.15) is 5.82 Å². The summed E-state index contributed by atoms with van der Waals surface area (Å²) in [5, 5.41) is 12.2. The quantitative estimate of drug-likeness (QED) is 0.412. The fraction of sp³-hybridized carbons (Fsp3) is 0.240. The maximum atomic E-state index is 12.2. The summed E-state index contributed by atoms with van der Waals surface area (Å²) in [6.07, 6.45) is 0.657. The molecule has 0 saturated carbocycles. The number of rotatable bonds is 6. The van der Waals surface area contributed by atoms with E-state index in [1.54, 1.807) is 19.0 Å². The van der Waals surface area contributed by atoms with Crippen LogP contribution in [0.15, 0.2) is 65.8 Å². The van der Waals surface area contributed by atoms with Crippen LogP contribution in [0.1, 0.15) is 22.5 Å². The molecule has 4 rings (SSSR count). The summed E-state index contributed by atoms with van der Waals surface area (Å²) < 4.78 is 2.10. The van der Waals surface area contributed by atoms with Crippen LogP contribution in [0.4, 0.5) is 0 Å². The van der Waals surface area contributed by atoms with E-state index < -0.39 is 0 Å². The Hall–Kier alpha value is -3.12. The minimum absolute atomic E-state index is 0.0516. The number of hydrogen-bond donors (Lipinski definition) is 0. The fourth-order valence-electron chi connectivity index (χ4n) is 3.68. The Morgan fingerprint density at radius 3 is 2.55 bits per heavy atom. The second-order valence-electron chi connectivity index (χ2n) is 7.92. The van der Waals surface area contributed by atoms with Gasteiger partial charge in [0.2, 0.25) is 5.91 Å². The number of nitrogens with zero attached hydrogens (tertiary/aromatic N) is 4. The Morgan fingerprint density at radius 2 is 1.77 bits per heavy atom. The van der Waals surface area contributed by atoms with Crippen molar-refractivity contribution in [2.45, 2.75) is 25.4 Å². The number of aryl methyl sites for hydroxylation is 2. The number of fused-ring (bicyclic) bond motifs is 1. The highest BCUT2D eigenvalue weighted by atomic mass is 32.2. The normalized spacial score (nSPS) is 11.1. The molecule has 1 amide bonds. The van der Waals surface area contributed by atoms with E-state index in [-0.39, 0.29) is 5.91 Å². The van der Waals surface area contributed by atoms with Crippen molar-refractivity contribution in [3.05, 3.63) is 83.2 Å². The van der Waals surface area contributed by atoms with Crippen molar-refractivity contribution in [1.29, 1.82) is 0 Å². The van der Waals surface area contributed by atoms with Crippen molar-refractivity contribution < 1.29 is 4.79 Å². The molecule has 0 unspecified atom stereocenters. The molecular formula is C25H26N4OS. The van der Waals surface area contributed by atoms with Crippen molar-refractivity contribution in [3.8, 4) is 5.69 Å². The molecule has 0 radical (unpaired) electrons. The highest BCUT2D eigenvalue weighted by Gasteiger charge is 2.18. The molecule has 0 spiro atoms. The van der Waals surface area contributed by atoms with Gasteiger partial charge in [0, 0.05) is 20.5 Å². The molecular weight excluding hydrogens is 404 g/mol. The van der Waals surface area contributed by atoms with Crippen LogP contribution in [0.3, 0.4) is 0 Å². The Morgan fingerprint density at radius 1 is 1.00 bits per heavy atom. The zero-order valence-corrected chi connectivity index (χ0v) is 19.1. The molecule has 6 heteroatoms. The molecule has 5 nitrogen and oxygen atoms in total. The number of hydrogen-bond acceptors (Lipinski definition) is 4. The minimum atomic E-state index is 0.0516. The summed E-state index contributed by atoms with van der Waals surface area (Å²) in [6.45, 7) is 4.19. The van der Waals surface area contributed by atoms with Crippen LogP contribution in [-0.4, -0.2) is 45.4 Å². The van der Waals surface area contributed by atoms with Crippen molar-refractivity contribution in [2.24, 2.45) is 0 Å². The smallest absolute Gasteiger partial charge is 0.232 e. The van der Waals surface area contributed by atoms with Crippen LogP contribution in [0.25, 0.3) is 16.5 Å². The van der Waals surface area contributed by atoms with E-state index in [2.05, 4.69) is 89.3 Å². The third-order valence-corrected chi connectivity index (χ3v) is 6.26. The molecule has 0 aliphatic carbocycles. The van der Waals surface area contributed by atoms with E-state index in [0.29, 0.717) is 12.2 Å². The van der Waals surface area contributed by atoms with E-state index in [4.69, 9.17) is 0 Å². The first-order valence-electron chi connectivity index (χ1n) is 10.3. The largest absolute Gasteiger partial charge is 0.348 e. The number of amides is 1. The van der Waals surface area contributed by atoms with Gasteiger partial charge < -0.3 is 4.90 Å². The van der Waals surface area contributed by atoms with Gasteiger partial charge in [0.25, 0.3) is 0 Å². The number of carbonyl (C=O) groups excluding carboxylic acids is 1. The van der Waals surface area contributed by atoms with Gasteiger partial charge in [-0.05, 0) is 41.8 Å². The maximum absolute atomic E-state index is 12.2. The summed E-state index contributed by atoms with van der Waals surface area (Å²) in [4.78, 5) is 13.8. The Bertz CT molecular complexity index is 1240. The molecule has 0 saturated heterocycles. The van der Waals surface area contributed by atoms with E-state index >= 15 is 0 Å². The molecule has 1 heterocycles. The monoisotopic (exact) mass is 430 g/mol. The zero-order valence-electron chi connectivity index (χ0n) is 18.3. The predicted molar refractivity (Wildman–Crippen MR) is 127 cm³/mol. The molecule has 31 heavy (non-hydrogen) atoms. The van der Waals surface area contributed by atoms with Crippen molar-refractivity contribution in [3.63, 3.8) is 0 Å². The third-order valence-electron chi connectivity index (χ3n) is 5.35. The lowest BCUT2D eigenvalue weighted by molar-refractivity contribution is -0.125. The van der Waals surface area contributed by atoms with E-state index in [0.717, 1.165) is 22.2 Å². The summed E-state index contributed by atoms with van der Waals surface area (Å²) in [7, 11) is 3.54. The lowest BCUT2D eigenvalue weighted by atomic mass is 10.0. The van der Waals surface area contributed by atoms with Crippen LogP contribution in [0.5, 0.6) is 0 Å². The third kappa shape index (κ3) is 4.49. The second kappa shape index (κ2) is 8.94. The highest BCUT2D eigenvalue weighted by Crippen LogP contribution is 2.28. The molecule has 1 aromatic heterocycles. The Kier molecular flexibility index (Phi) is 6.09. The number of aromatic nitrogens is 3. The van der Waals surface area contributed by atoms with Crippen LogP contribution < -0.4 is 0 Å². The molecule has 0 atom stereocenters. The van der Waals surface area contributed by atoms with Crippen molar-refractivity contribution in [1.82, 2.24) is 19.7 Å². The van der Waals surface area contributed by atoms with E-state index in [1.165, 1.54) is 33.7 Å². The zero-order chi connectivity index (χ0) is 22.0. The summed E-state index contributed by atoms with van der Waals surface area (Å²) in [5.74, 6) is 1.24. The van der Waals surface area contributed by atoms with Crippen molar-refractivity contribution >= 4 is 28.4 Å². The van der Waals surface area contributed by atoms with Gasteiger partial charge in [0.15, 0.2) is 5.16 Å². The first-order chi connectivity index (χ1) is 14.9. The van der Waals surface area contributed by atoms with Crippen molar-refractivity contribution in [2.75, 3.05) is 19.8 Å². The van der Waals surface area contributed by atoms with Gasteiger partial charge in [-0.15, -0.1) is 10.2 Å².